The molecule has 0 aliphatic heterocycles. The van der Waals surface area contributed by atoms with Crippen molar-refractivity contribution in [1.82, 2.24) is 34.9 Å². The molecule has 0 aliphatic rings. The van der Waals surface area contributed by atoms with Crippen LogP contribution in [-0.2, 0) is 0 Å². The topological polar surface area (TPSA) is 116 Å². The minimum absolute atomic E-state index is 0.288. The van der Waals surface area contributed by atoms with Gasteiger partial charge in [0.15, 0.2) is 11.3 Å². The summed E-state index contributed by atoms with van der Waals surface area (Å²) >= 11 is 0. The molecule has 4 rings (SSSR count). The molecule has 8 nitrogen and oxygen atoms in total. The van der Waals surface area contributed by atoms with Gasteiger partial charge in [-0.15, -0.1) is 0 Å². The monoisotopic (exact) mass is 252 g/mol. The highest BCUT2D eigenvalue weighted by molar-refractivity contribution is 5.79. The molecule has 0 saturated carbocycles. The molecule has 0 unspecified atom stereocenters. The molecular formula is C11H6N7O. The molecule has 0 aromatic carbocycles. The van der Waals surface area contributed by atoms with Gasteiger partial charge in [-0.25, -0.2) is 24.7 Å². The highest BCUT2D eigenvalue weighted by Gasteiger charge is 2.08. The van der Waals surface area contributed by atoms with Crippen LogP contribution in [-0.4, -0.2) is 34.9 Å². The molecule has 0 spiro atoms. The second-order valence-electron chi connectivity index (χ2n) is 3.97. The molecule has 4 heterocycles. The van der Waals surface area contributed by atoms with Gasteiger partial charge < -0.3 is 9.97 Å². The first-order valence-corrected chi connectivity index (χ1v) is 5.46. The molecule has 4 aromatic rings. The van der Waals surface area contributed by atoms with Gasteiger partial charge in [-0.2, -0.15) is 0 Å². The maximum atomic E-state index is 11.2. The van der Waals surface area contributed by atoms with Crippen molar-refractivity contribution in [2.75, 3.05) is 0 Å². The summed E-state index contributed by atoms with van der Waals surface area (Å²) in [6.45, 7) is 0. The van der Waals surface area contributed by atoms with Crippen molar-refractivity contribution < 1.29 is 0 Å². The number of aromatic amines is 3. The Labute approximate surface area is 105 Å². The van der Waals surface area contributed by atoms with Crippen molar-refractivity contribution in [1.29, 1.82) is 0 Å². The summed E-state index contributed by atoms with van der Waals surface area (Å²) in [5.74, 6) is 0.600. The first-order valence-electron chi connectivity index (χ1n) is 5.46. The van der Waals surface area contributed by atoms with E-state index in [2.05, 4.69) is 41.1 Å². The molecule has 1 radical (unpaired) electrons. The lowest BCUT2D eigenvalue weighted by Gasteiger charge is -1.95. The first-order chi connectivity index (χ1) is 9.29. The van der Waals surface area contributed by atoms with Crippen LogP contribution in [0.4, 0.5) is 0 Å². The van der Waals surface area contributed by atoms with E-state index in [-0.39, 0.29) is 5.69 Å². The Balaban J connectivity index is 1.95. The number of pyridine rings is 1. The third-order valence-corrected chi connectivity index (χ3v) is 2.74. The van der Waals surface area contributed by atoms with E-state index in [1.54, 1.807) is 12.3 Å². The van der Waals surface area contributed by atoms with E-state index >= 15 is 0 Å². The molecule has 0 atom stereocenters. The third-order valence-electron chi connectivity index (χ3n) is 2.74. The van der Waals surface area contributed by atoms with Gasteiger partial charge in [0, 0.05) is 11.8 Å². The van der Waals surface area contributed by atoms with Gasteiger partial charge in [-0.05, 0) is 6.07 Å². The minimum Gasteiger partial charge on any atom is -0.322 e. The number of nitrogens with one attached hydrogen (secondary N) is 3. The lowest BCUT2D eigenvalue weighted by molar-refractivity contribution is 1.19. The number of hydrogen-bond donors (Lipinski definition) is 3. The highest BCUT2D eigenvalue weighted by atomic mass is 16.1. The molecule has 91 valence electrons. The van der Waals surface area contributed by atoms with E-state index in [1.165, 1.54) is 6.33 Å². The van der Waals surface area contributed by atoms with Gasteiger partial charge in [0.25, 0.3) is 0 Å². The standard InChI is InChI=1S/C11H6N7O/c19-11-16-6-1-5(2-13-9(6)18-11)8-15-7-3-12-4-14-10(7)17-8/h1-2,4H,(H,12,14,15,17)(H2,13,16,18,19). The molecule has 4 aromatic heterocycles. The minimum atomic E-state index is -0.288. The smallest absolute Gasteiger partial charge is 0.322 e. The third kappa shape index (κ3) is 1.50. The van der Waals surface area contributed by atoms with Crippen molar-refractivity contribution in [3.05, 3.63) is 35.3 Å². The van der Waals surface area contributed by atoms with Gasteiger partial charge in [0.1, 0.15) is 23.9 Å². The maximum absolute atomic E-state index is 11.2. The maximum Gasteiger partial charge on any atom is 0.325 e. The number of H-pyrrole nitrogens is 3. The van der Waals surface area contributed by atoms with Crippen LogP contribution < -0.4 is 5.69 Å². The Morgan fingerprint density at radius 2 is 2.05 bits per heavy atom. The molecule has 3 N–H and O–H groups in total. The number of rotatable bonds is 1. The predicted molar refractivity (Wildman–Crippen MR) is 66.2 cm³/mol. The summed E-state index contributed by atoms with van der Waals surface area (Å²) in [5, 5.41) is 0. The molecule has 8 heteroatoms. The van der Waals surface area contributed by atoms with Crippen molar-refractivity contribution in [2.45, 2.75) is 0 Å². The number of aromatic nitrogens is 7. The highest BCUT2D eigenvalue weighted by Crippen LogP contribution is 2.19. The summed E-state index contributed by atoms with van der Waals surface area (Å²) in [7, 11) is 0. The molecule has 0 saturated heterocycles. The Kier molecular flexibility index (Phi) is 1.82. The van der Waals surface area contributed by atoms with E-state index < -0.39 is 0 Å². The molecule has 0 bridgehead atoms. The fourth-order valence-electron chi connectivity index (χ4n) is 1.90. The number of fused-ring (bicyclic) bond motifs is 2. The van der Waals surface area contributed by atoms with E-state index in [0.29, 0.717) is 28.2 Å². The largest absolute Gasteiger partial charge is 0.325 e. The second-order valence-corrected chi connectivity index (χ2v) is 3.97. The van der Waals surface area contributed by atoms with Crippen LogP contribution in [0.5, 0.6) is 0 Å². The number of hydrogen-bond acceptors (Lipinski definition) is 5. The van der Waals surface area contributed by atoms with E-state index in [0.717, 1.165) is 5.56 Å². The van der Waals surface area contributed by atoms with Crippen molar-refractivity contribution in [3.8, 4) is 11.4 Å². The van der Waals surface area contributed by atoms with Crippen molar-refractivity contribution in [2.24, 2.45) is 0 Å². The summed E-state index contributed by atoms with van der Waals surface area (Å²) in [5.41, 5.74) is 2.75. The van der Waals surface area contributed by atoms with E-state index in [4.69, 9.17) is 0 Å². The zero-order chi connectivity index (χ0) is 12.8. The zero-order valence-corrected chi connectivity index (χ0v) is 9.43. The van der Waals surface area contributed by atoms with Crippen molar-refractivity contribution in [3.63, 3.8) is 0 Å². The van der Waals surface area contributed by atoms with Crippen LogP contribution in [0.3, 0.4) is 0 Å². The van der Waals surface area contributed by atoms with Crippen LogP contribution in [0.1, 0.15) is 0 Å². The lowest BCUT2D eigenvalue weighted by Crippen LogP contribution is -1.99. The average Bonchev–Trinajstić information content (AvgIpc) is 2.99. The van der Waals surface area contributed by atoms with Gasteiger partial charge in [0.2, 0.25) is 0 Å². The van der Waals surface area contributed by atoms with Crippen LogP contribution in [0.2, 0.25) is 0 Å². The first kappa shape index (κ1) is 9.95. The van der Waals surface area contributed by atoms with Crippen LogP contribution in [0, 0.1) is 6.20 Å². The average molecular weight is 252 g/mol. The molecular weight excluding hydrogens is 246 g/mol. The van der Waals surface area contributed by atoms with Crippen LogP contribution in [0.25, 0.3) is 33.7 Å². The fourth-order valence-corrected chi connectivity index (χ4v) is 1.90. The van der Waals surface area contributed by atoms with Gasteiger partial charge in [0.05, 0.1) is 5.52 Å². The zero-order valence-electron chi connectivity index (χ0n) is 9.43. The summed E-state index contributed by atoms with van der Waals surface area (Å²) in [6.07, 6.45) is 5.76. The molecule has 0 fully saturated rings. The van der Waals surface area contributed by atoms with Gasteiger partial charge in [-0.3, -0.25) is 4.98 Å². The molecule has 19 heavy (non-hydrogen) atoms. The van der Waals surface area contributed by atoms with Crippen molar-refractivity contribution >= 4 is 22.3 Å². The SMILES string of the molecule is O=c1[nH]c2cc(-c3nc4[c]ncnc4[nH]3)cnc2[nH]1. The Hall–Kier alpha value is -3.03. The second kappa shape index (κ2) is 3.48. The summed E-state index contributed by atoms with van der Waals surface area (Å²) < 4.78 is 0. The lowest BCUT2D eigenvalue weighted by atomic mass is 10.2. The van der Waals surface area contributed by atoms with E-state index in [1.807, 2.05) is 0 Å². The summed E-state index contributed by atoms with van der Waals surface area (Å²) in [4.78, 5) is 35.8. The quantitative estimate of drug-likeness (QED) is 0.453. The fraction of sp³-hybridized carbons (Fsp3) is 0. The van der Waals surface area contributed by atoms with Crippen LogP contribution in [0.15, 0.2) is 23.4 Å². The van der Waals surface area contributed by atoms with Gasteiger partial charge >= 0.3 is 5.69 Å². The number of imidazole rings is 2. The summed E-state index contributed by atoms with van der Waals surface area (Å²) in [6, 6.07) is 1.78. The normalized spacial score (nSPS) is 11.4. The Morgan fingerprint density at radius 3 is 2.95 bits per heavy atom. The Bertz CT molecular complexity index is 915. The number of nitrogens with zero attached hydrogens (tertiary/aromatic N) is 4. The van der Waals surface area contributed by atoms with E-state index in [9.17, 15) is 4.79 Å². The predicted octanol–water partition coefficient (Wildman–Crippen LogP) is 0.385. The Morgan fingerprint density at radius 1 is 1.11 bits per heavy atom. The molecule has 0 amide bonds. The molecule has 0 aliphatic carbocycles. The van der Waals surface area contributed by atoms with Gasteiger partial charge in [-0.1, -0.05) is 0 Å². The van der Waals surface area contributed by atoms with Crippen LogP contribution >= 0.6 is 0 Å².